The molecular weight excluding hydrogens is 669 g/mol. The number of ether oxygens (including phenoxy) is 1. The summed E-state index contributed by atoms with van der Waals surface area (Å²) in [4.78, 5) is 36.0. The highest BCUT2D eigenvalue weighted by atomic mass is 28.4. The monoisotopic (exact) mass is 737 g/mol. The number of nitriles is 1. The largest absolute Gasteiger partial charge is 0.500 e. The Kier molecular flexibility index (Phi) is 29.4. The molecule has 2 saturated heterocycles. The average molecular weight is 738 g/mol. The number of urea groups is 1. The van der Waals surface area contributed by atoms with Crippen molar-refractivity contribution in [1.82, 2.24) is 15.5 Å². The first kappa shape index (κ1) is 46.9. The van der Waals surface area contributed by atoms with Gasteiger partial charge in [0.2, 0.25) is 11.8 Å². The van der Waals surface area contributed by atoms with E-state index in [1.165, 1.54) is 11.3 Å². The van der Waals surface area contributed by atoms with E-state index in [-0.39, 0.29) is 19.3 Å². The lowest BCUT2D eigenvalue weighted by molar-refractivity contribution is -0.127. The first-order valence-corrected chi connectivity index (χ1v) is 22.3. The molecule has 0 atom stereocenters. The van der Waals surface area contributed by atoms with Crippen LogP contribution >= 0.6 is 0 Å². The molecule has 4 amide bonds. The van der Waals surface area contributed by atoms with Crippen LogP contribution in [-0.4, -0.2) is 106 Å². The molecule has 0 aliphatic carbocycles. The van der Waals surface area contributed by atoms with E-state index in [0.29, 0.717) is 78.2 Å². The summed E-state index contributed by atoms with van der Waals surface area (Å²) in [5.74, 6) is 0.147. The van der Waals surface area contributed by atoms with Gasteiger partial charge in [-0.05, 0) is 86.5 Å². The van der Waals surface area contributed by atoms with Crippen LogP contribution in [0.25, 0.3) is 0 Å². The molecule has 2 N–H and O–H groups in total. The van der Waals surface area contributed by atoms with E-state index < -0.39 is 17.6 Å². The van der Waals surface area contributed by atoms with Gasteiger partial charge in [-0.1, -0.05) is 12.8 Å². The first-order chi connectivity index (χ1) is 23.7. The molecule has 0 radical (unpaired) electrons. The highest BCUT2D eigenvalue weighted by Gasteiger charge is 2.40. The smallest absolute Gasteiger partial charge is 0.428 e. The molecule has 2 aliphatic heterocycles. The van der Waals surface area contributed by atoms with Gasteiger partial charge in [0, 0.05) is 85.6 Å². The zero-order chi connectivity index (χ0) is 36.6. The van der Waals surface area contributed by atoms with Gasteiger partial charge in [-0.3, -0.25) is 14.5 Å². The Labute approximate surface area is 299 Å². The molecule has 0 aromatic carbocycles. The van der Waals surface area contributed by atoms with Crippen molar-refractivity contribution in [3.8, 4) is 6.26 Å². The van der Waals surface area contributed by atoms with Crippen LogP contribution in [-0.2, 0) is 40.9 Å². The number of nitrogens with zero attached hydrogens (tertiary/aromatic N) is 2. The number of hydrogen-bond acceptors (Lipinski definition) is 11. The lowest BCUT2D eigenvalue weighted by Gasteiger charge is -2.28. The van der Waals surface area contributed by atoms with E-state index in [1.807, 2.05) is 41.5 Å². The number of carbonyl (C=O) groups excluding carboxylic acids is 3. The predicted molar refractivity (Wildman–Crippen MR) is 193 cm³/mol. The normalized spacial score (nSPS) is 15.3. The molecule has 16 heteroatoms. The highest BCUT2D eigenvalue weighted by Crippen LogP contribution is 2.20. The number of rotatable bonds is 21. The predicted octanol–water partition coefficient (Wildman–Crippen LogP) is 5.77. The summed E-state index contributed by atoms with van der Waals surface area (Å²) in [6.45, 7) is 17.3. The van der Waals surface area contributed by atoms with E-state index >= 15 is 0 Å². The summed E-state index contributed by atoms with van der Waals surface area (Å²) in [6.07, 6.45) is 11.4. The molecule has 49 heavy (non-hydrogen) atoms. The SMILES string of the molecule is CCO[Si](CCCCOC#N)(OCC)OCC.CCO[Si](CCCNC(=O)N1CCCCCC1=O)(OCC)OCC.O=C1CCCCCN1.[2HH]. The van der Waals surface area contributed by atoms with Crippen molar-refractivity contribution in [1.29, 1.82) is 5.26 Å². The van der Waals surface area contributed by atoms with Gasteiger partial charge >= 0.3 is 23.6 Å². The minimum Gasteiger partial charge on any atom is -0.428 e. The number of imide groups is 1. The molecule has 2 heterocycles. The van der Waals surface area contributed by atoms with E-state index in [1.54, 1.807) is 6.26 Å². The Bertz CT molecular complexity index is 876. The maximum atomic E-state index is 12.2. The Hall–Kier alpha value is -2.11. The summed E-state index contributed by atoms with van der Waals surface area (Å²) in [6, 6.07) is 1.13. The Morgan fingerprint density at radius 2 is 1.27 bits per heavy atom. The Balaban J connectivity index is 0. The molecule has 0 aromatic heterocycles. The van der Waals surface area contributed by atoms with Crippen molar-refractivity contribution in [2.75, 3.05) is 65.9 Å². The van der Waals surface area contributed by atoms with Gasteiger partial charge in [-0.25, -0.2) is 4.79 Å². The third-order valence-corrected chi connectivity index (χ3v) is 13.7. The molecule has 0 bridgehead atoms. The van der Waals surface area contributed by atoms with E-state index in [4.69, 9.17) is 31.8 Å². The molecule has 2 rings (SSSR count). The van der Waals surface area contributed by atoms with E-state index in [2.05, 4.69) is 15.4 Å². The van der Waals surface area contributed by atoms with Crippen molar-refractivity contribution < 1.29 is 47.1 Å². The van der Waals surface area contributed by atoms with Crippen molar-refractivity contribution in [2.24, 2.45) is 0 Å². The molecule has 0 unspecified atom stereocenters. The fourth-order valence-corrected chi connectivity index (χ4v) is 10.6. The second kappa shape index (κ2) is 30.7. The Morgan fingerprint density at radius 1 is 0.755 bits per heavy atom. The second-order valence-electron chi connectivity index (χ2n) is 11.2. The highest BCUT2D eigenvalue weighted by molar-refractivity contribution is 6.61. The zero-order valence-corrected chi connectivity index (χ0v) is 33.2. The number of carbonyl (C=O) groups is 3. The van der Waals surface area contributed by atoms with Crippen LogP contribution < -0.4 is 10.6 Å². The number of hydrogen-bond donors (Lipinski definition) is 2. The summed E-state index contributed by atoms with van der Waals surface area (Å²) in [5.41, 5.74) is 0. The van der Waals surface area contributed by atoms with Crippen LogP contribution in [0, 0.1) is 11.5 Å². The van der Waals surface area contributed by atoms with E-state index in [0.717, 1.165) is 64.0 Å². The second-order valence-corrected chi connectivity index (χ2v) is 16.7. The number of unbranched alkanes of at least 4 members (excludes halogenated alkanes) is 1. The lowest BCUT2D eigenvalue weighted by Crippen LogP contribution is -2.47. The number of amides is 4. The third-order valence-electron chi connectivity index (χ3n) is 7.39. The third kappa shape index (κ3) is 22.4. The van der Waals surface area contributed by atoms with Crippen molar-refractivity contribution >= 4 is 35.5 Å². The fourth-order valence-electron chi connectivity index (χ4n) is 5.26. The summed E-state index contributed by atoms with van der Waals surface area (Å²) < 4.78 is 39.1. The van der Waals surface area contributed by atoms with Gasteiger partial charge in [-0.15, -0.1) is 0 Å². The van der Waals surface area contributed by atoms with Crippen LogP contribution in [0.1, 0.15) is 114 Å². The van der Waals surface area contributed by atoms with Crippen LogP contribution in [0.15, 0.2) is 0 Å². The van der Waals surface area contributed by atoms with Gasteiger partial charge in [-0.2, -0.15) is 5.26 Å². The molecule has 2 aliphatic rings. The molecular formula is C33H68N4O10Si2. The Morgan fingerprint density at radius 3 is 1.80 bits per heavy atom. The topological polar surface area (TPSA) is 167 Å². The number of nitrogens with one attached hydrogen (secondary N) is 2. The van der Waals surface area contributed by atoms with Gasteiger partial charge in [0.25, 0.3) is 6.26 Å². The summed E-state index contributed by atoms with van der Waals surface area (Å²) in [7, 11) is -5.15. The van der Waals surface area contributed by atoms with Crippen LogP contribution in [0.2, 0.25) is 12.1 Å². The molecule has 288 valence electrons. The molecule has 0 aromatic rings. The van der Waals surface area contributed by atoms with Gasteiger partial charge in [0.15, 0.2) is 0 Å². The molecule has 14 nitrogen and oxygen atoms in total. The standard InChI is InChI=1S/C16H32N2O5Si.C11H23NO4Si.C6H11NO.H2/c1-4-21-24(22-5-2,23-6-3)14-10-12-17-16(20)18-13-9-7-8-11-15(18)19;1-4-14-17(15-5-2,16-6-3)10-8-7-9-13-11-12;8-6-4-2-1-3-5-7-6;/h4-14H2,1-3H3,(H,17,20);4-10H2,1-3H3;1-5H2,(H,7,8);1H/i;;;1+1. The minimum absolute atomic E-state index is 0. The van der Waals surface area contributed by atoms with Crippen LogP contribution in [0.5, 0.6) is 0 Å². The number of likely N-dealkylation sites (tertiary alicyclic amines) is 1. The summed E-state index contributed by atoms with van der Waals surface area (Å²) >= 11 is 0. The van der Waals surface area contributed by atoms with Crippen molar-refractivity contribution in [3.63, 3.8) is 0 Å². The van der Waals surface area contributed by atoms with Gasteiger partial charge < -0.3 is 41.9 Å². The zero-order valence-electron chi connectivity index (χ0n) is 31.2. The van der Waals surface area contributed by atoms with Gasteiger partial charge in [0.05, 0.1) is 0 Å². The quantitative estimate of drug-likeness (QED) is 0.0834. The molecule has 0 saturated carbocycles. The maximum absolute atomic E-state index is 12.2. The molecule has 2 fully saturated rings. The average Bonchev–Trinajstić information content (AvgIpc) is 3.46. The van der Waals surface area contributed by atoms with Crippen LogP contribution in [0.3, 0.4) is 0 Å². The molecule has 0 spiro atoms. The maximum Gasteiger partial charge on any atom is 0.500 e. The lowest BCUT2D eigenvalue weighted by atomic mass is 10.2. The fraction of sp³-hybridized carbons (Fsp3) is 0.879. The summed E-state index contributed by atoms with van der Waals surface area (Å²) in [5, 5.41) is 13.9. The van der Waals surface area contributed by atoms with Crippen molar-refractivity contribution in [2.45, 2.75) is 124 Å². The van der Waals surface area contributed by atoms with Crippen LogP contribution in [0.4, 0.5) is 4.79 Å². The first-order valence-electron chi connectivity index (χ1n) is 18.4. The van der Waals surface area contributed by atoms with Gasteiger partial charge in [0.1, 0.15) is 6.61 Å². The van der Waals surface area contributed by atoms with Crippen molar-refractivity contribution in [3.05, 3.63) is 0 Å². The minimum atomic E-state index is -2.66. The van der Waals surface area contributed by atoms with E-state index in [9.17, 15) is 14.4 Å².